The molecule has 3 atom stereocenters. The van der Waals surface area contributed by atoms with E-state index in [9.17, 15) is 19.2 Å². The molecule has 0 radical (unpaired) electrons. The summed E-state index contributed by atoms with van der Waals surface area (Å²) in [5.74, 6) is -1.64. The molecule has 0 aromatic heterocycles. The van der Waals surface area contributed by atoms with Gasteiger partial charge in [0.05, 0.1) is 12.6 Å². The summed E-state index contributed by atoms with van der Waals surface area (Å²) in [7, 11) is 0. The third-order valence-corrected chi connectivity index (χ3v) is 4.00. The van der Waals surface area contributed by atoms with Gasteiger partial charge in [0.1, 0.15) is 12.1 Å². The van der Waals surface area contributed by atoms with Crippen LogP contribution in [0.25, 0.3) is 0 Å². The van der Waals surface area contributed by atoms with Gasteiger partial charge in [0.25, 0.3) is 0 Å². The molecule has 6 N–H and O–H groups in total. The molecule has 25 heavy (non-hydrogen) atoms. The van der Waals surface area contributed by atoms with Gasteiger partial charge in [0.2, 0.25) is 23.6 Å². The molecule has 1 fully saturated rings. The fraction of sp³-hybridized carbons (Fsp3) is 0.750. The number of nitrogens with zero attached hydrogens (tertiary/aromatic N) is 1. The first-order valence-corrected chi connectivity index (χ1v) is 8.56. The van der Waals surface area contributed by atoms with Crippen LogP contribution in [0.1, 0.15) is 40.0 Å². The van der Waals surface area contributed by atoms with Gasteiger partial charge >= 0.3 is 0 Å². The van der Waals surface area contributed by atoms with E-state index in [0.717, 1.165) is 0 Å². The maximum atomic E-state index is 12.6. The highest BCUT2D eigenvalue weighted by Crippen LogP contribution is 2.19. The molecular weight excluding hydrogens is 326 g/mol. The number of primary amides is 1. The highest BCUT2D eigenvalue weighted by molar-refractivity contribution is 5.94. The first kappa shape index (κ1) is 20.9. The van der Waals surface area contributed by atoms with Crippen molar-refractivity contribution in [3.05, 3.63) is 0 Å². The topological polar surface area (TPSA) is 148 Å². The minimum Gasteiger partial charge on any atom is -0.368 e. The van der Waals surface area contributed by atoms with Crippen LogP contribution in [0.2, 0.25) is 0 Å². The third-order valence-electron chi connectivity index (χ3n) is 4.00. The lowest BCUT2D eigenvalue weighted by Gasteiger charge is -2.28. The van der Waals surface area contributed by atoms with Crippen molar-refractivity contribution in [2.45, 2.75) is 58.2 Å². The molecule has 1 aliphatic heterocycles. The summed E-state index contributed by atoms with van der Waals surface area (Å²) < 4.78 is 0. The predicted molar refractivity (Wildman–Crippen MR) is 92.0 cm³/mol. The van der Waals surface area contributed by atoms with Crippen LogP contribution in [0.4, 0.5) is 0 Å². The van der Waals surface area contributed by atoms with Crippen molar-refractivity contribution >= 4 is 23.6 Å². The van der Waals surface area contributed by atoms with Crippen molar-refractivity contribution in [1.82, 2.24) is 15.5 Å². The van der Waals surface area contributed by atoms with Gasteiger partial charge in [-0.1, -0.05) is 13.8 Å². The molecule has 1 rings (SSSR count). The van der Waals surface area contributed by atoms with E-state index in [1.165, 1.54) is 4.90 Å². The van der Waals surface area contributed by atoms with E-state index in [0.29, 0.717) is 25.8 Å². The number of nitrogens with two attached hydrogens (primary N) is 2. The van der Waals surface area contributed by atoms with Crippen molar-refractivity contribution in [3.63, 3.8) is 0 Å². The molecule has 4 amide bonds. The fourth-order valence-corrected chi connectivity index (χ4v) is 2.83. The molecular formula is C16H29N5O4. The first-order valence-electron chi connectivity index (χ1n) is 8.56. The number of hydrogen-bond donors (Lipinski definition) is 4. The minimum absolute atomic E-state index is 0.148. The van der Waals surface area contributed by atoms with Gasteiger partial charge in [-0.3, -0.25) is 19.2 Å². The fourth-order valence-electron chi connectivity index (χ4n) is 2.83. The Morgan fingerprint density at radius 2 is 1.84 bits per heavy atom. The van der Waals surface area contributed by atoms with Crippen LogP contribution < -0.4 is 22.1 Å². The SMILES string of the molecule is CC(C)C[C@H](NC(=O)[C@@H]1CCCN1C(=O)[C@H](C)N)C(=O)NCC(N)=O. The maximum Gasteiger partial charge on any atom is 0.243 e. The molecule has 9 heteroatoms. The van der Waals surface area contributed by atoms with Crippen LogP contribution in [0.5, 0.6) is 0 Å². The average Bonchev–Trinajstić information content (AvgIpc) is 2.99. The lowest BCUT2D eigenvalue weighted by atomic mass is 10.0. The smallest absolute Gasteiger partial charge is 0.243 e. The zero-order valence-electron chi connectivity index (χ0n) is 15.1. The largest absolute Gasteiger partial charge is 0.368 e. The second-order valence-electron chi connectivity index (χ2n) is 6.85. The van der Waals surface area contributed by atoms with Crippen molar-refractivity contribution in [3.8, 4) is 0 Å². The van der Waals surface area contributed by atoms with E-state index < -0.39 is 29.9 Å². The van der Waals surface area contributed by atoms with E-state index >= 15 is 0 Å². The molecule has 0 aromatic carbocycles. The second-order valence-corrected chi connectivity index (χ2v) is 6.85. The van der Waals surface area contributed by atoms with Crippen molar-refractivity contribution in [1.29, 1.82) is 0 Å². The zero-order valence-corrected chi connectivity index (χ0v) is 15.1. The molecule has 0 saturated carbocycles. The Bertz CT molecular complexity index is 521. The quantitative estimate of drug-likeness (QED) is 0.416. The number of hydrogen-bond acceptors (Lipinski definition) is 5. The number of carbonyl (C=O) groups excluding carboxylic acids is 4. The summed E-state index contributed by atoms with van der Waals surface area (Å²) in [4.78, 5) is 49.2. The van der Waals surface area contributed by atoms with Gasteiger partial charge in [0, 0.05) is 6.54 Å². The van der Waals surface area contributed by atoms with Crippen molar-refractivity contribution in [2.24, 2.45) is 17.4 Å². The van der Waals surface area contributed by atoms with Gasteiger partial charge < -0.3 is 27.0 Å². The highest BCUT2D eigenvalue weighted by Gasteiger charge is 2.36. The highest BCUT2D eigenvalue weighted by atomic mass is 16.2. The van der Waals surface area contributed by atoms with Gasteiger partial charge in [0.15, 0.2) is 0 Å². The molecule has 0 bridgehead atoms. The Morgan fingerprint density at radius 3 is 2.36 bits per heavy atom. The lowest BCUT2D eigenvalue weighted by Crippen LogP contribution is -2.55. The second kappa shape index (κ2) is 9.36. The van der Waals surface area contributed by atoms with E-state index in [1.807, 2.05) is 13.8 Å². The van der Waals surface area contributed by atoms with Gasteiger partial charge in [-0.05, 0) is 32.1 Å². The molecule has 0 aromatic rings. The summed E-state index contributed by atoms with van der Waals surface area (Å²) in [5, 5.41) is 5.11. The Kier molecular flexibility index (Phi) is 7.82. The van der Waals surface area contributed by atoms with E-state index in [-0.39, 0.29) is 24.3 Å². The molecule has 1 aliphatic rings. The van der Waals surface area contributed by atoms with E-state index in [1.54, 1.807) is 6.92 Å². The van der Waals surface area contributed by atoms with Gasteiger partial charge in [-0.15, -0.1) is 0 Å². The summed E-state index contributed by atoms with van der Waals surface area (Å²) in [5.41, 5.74) is 10.7. The first-order chi connectivity index (χ1) is 11.6. The van der Waals surface area contributed by atoms with Crippen LogP contribution in [0.15, 0.2) is 0 Å². The van der Waals surface area contributed by atoms with Gasteiger partial charge in [-0.25, -0.2) is 0 Å². The summed E-state index contributed by atoms with van der Waals surface area (Å²) in [6.07, 6.45) is 1.64. The molecule has 0 spiro atoms. The van der Waals surface area contributed by atoms with Crippen molar-refractivity contribution in [2.75, 3.05) is 13.1 Å². The van der Waals surface area contributed by atoms with Crippen LogP contribution in [-0.4, -0.2) is 59.7 Å². The van der Waals surface area contributed by atoms with Crippen LogP contribution in [0, 0.1) is 5.92 Å². The summed E-state index contributed by atoms with van der Waals surface area (Å²) >= 11 is 0. The number of rotatable bonds is 8. The van der Waals surface area contributed by atoms with Crippen LogP contribution >= 0.6 is 0 Å². The Balaban J connectivity index is 2.77. The molecule has 1 heterocycles. The summed E-state index contributed by atoms with van der Waals surface area (Å²) in [6, 6.07) is -2.10. The minimum atomic E-state index is -0.792. The average molecular weight is 355 g/mol. The van der Waals surface area contributed by atoms with Crippen LogP contribution in [-0.2, 0) is 19.2 Å². The molecule has 0 aliphatic carbocycles. The number of nitrogens with one attached hydrogen (secondary N) is 2. The lowest BCUT2D eigenvalue weighted by molar-refractivity contribution is -0.140. The summed E-state index contributed by atoms with van der Waals surface area (Å²) in [6.45, 7) is 5.60. The Hall–Kier alpha value is -2.16. The van der Waals surface area contributed by atoms with Crippen molar-refractivity contribution < 1.29 is 19.2 Å². The molecule has 142 valence electrons. The monoisotopic (exact) mass is 355 g/mol. The third kappa shape index (κ3) is 6.33. The van der Waals surface area contributed by atoms with E-state index in [4.69, 9.17) is 11.5 Å². The Morgan fingerprint density at radius 1 is 1.20 bits per heavy atom. The standard InChI is InChI=1S/C16H29N5O4/c1-9(2)7-11(14(23)19-8-13(18)22)20-15(24)12-5-4-6-21(12)16(25)10(3)17/h9-12H,4-8,17H2,1-3H3,(H2,18,22)(H,19,23)(H,20,24)/t10-,11-,12-/m0/s1. The number of likely N-dealkylation sites (tertiary alicyclic amines) is 1. The Labute approximate surface area is 147 Å². The van der Waals surface area contributed by atoms with E-state index in [2.05, 4.69) is 10.6 Å². The van der Waals surface area contributed by atoms with Crippen LogP contribution in [0.3, 0.4) is 0 Å². The molecule has 0 unspecified atom stereocenters. The zero-order chi connectivity index (χ0) is 19.1. The normalized spacial score (nSPS) is 19.4. The molecule has 9 nitrogen and oxygen atoms in total. The number of carbonyl (C=O) groups is 4. The predicted octanol–water partition coefficient (Wildman–Crippen LogP) is -1.54. The maximum absolute atomic E-state index is 12.6. The number of amides is 4. The van der Waals surface area contributed by atoms with Gasteiger partial charge in [-0.2, -0.15) is 0 Å². The molecule has 1 saturated heterocycles.